The van der Waals surface area contributed by atoms with Gasteiger partial charge in [-0.1, -0.05) is 60.3 Å². The topological polar surface area (TPSA) is 13.6 Å². The van der Waals surface area contributed by atoms with Crippen LogP contribution in [0, 0.1) is 0 Å². The molecule has 0 N–H and O–H groups in total. The van der Waals surface area contributed by atoms with Crippen molar-refractivity contribution in [3.8, 4) is 5.69 Å². The SMILES string of the molecule is CN(C)CCCN(C)c1cc(C=C2Sc3ccccc3N2C)c2ccccc2[n+]1-c1ccccc1.[Y]. The number of benzene rings is 3. The van der Waals surface area contributed by atoms with E-state index in [1.807, 2.05) is 11.8 Å². The summed E-state index contributed by atoms with van der Waals surface area (Å²) in [4.78, 5) is 8.25. The Morgan fingerprint density at radius 2 is 1.56 bits per heavy atom. The minimum Gasteiger partial charge on any atom is -0.338 e. The maximum absolute atomic E-state index is 2.40. The number of aromatic nitrogens is 1. The van der Waals surface area contributed by atoms with Gasteiger partial charge in [0.2, 0.25) is 0 Å². The van der Waals surface area contributed by atoms with Crippen molar-refractivity contribution < 1.29 is 37.3 Å². The summed E-state index contributed by atoms with van der Waals surface area (Å²) in [7, 11) is 8.65. The average Bonchev–Trinajstić information content (AvgIpc) is 3.19. The number of nitrogens with zero attached hydrogens (tertiary/aromatic N) is 4. The number of hydrogen-bond donors (Lipinski definition) is 0. The van der Waals surface area contributed by atoms with Gasteiger partial charge in [0.1, 0.15) is 11.2 Å². The van der Waals surface area contributed by atoms with Crippen LogP contribution in [-0.4, -0.2) is 46.2 Å². The fraction of sp³-hybridized carbons (Fsp3) is 0.233. The smallest absolute Gasteiger partial charge is 0.282 e. The number of anilines is 2. The minimum absolute atomic E-state index is 0. The largest absolute Gasteiger partial charge is 0.338 e. The molecule has 1 radical (unpaired) electrons. The van der Waals surface area contributed by atoms with E-state index in [-0.39, 0.29) is 32.7 Å². The normalized spacial score (nSPS) is 13.8. The molecular formula is C30H33N4SY+. The van der Waals surface area contributed by atoms with Gasteiger partial charge in [0.05, 0.1) is 24.3 Å². The van der Waals surface area contributed by atoms with Gasteiger partial charge in [-0.3, -0.25) is 4.90 Å². The van der Waals surface area contributed by atoms with E-state index in [1.165, 1.54) is 43.6 Å². The zero-order valence-corrected chi connectivity index (χ0v) is 25.2. The van der Waals surface area contributed by atoms with Gasteiger partial charge in [-0.2, -0.15) is 4.57 Å². The van der Waals surface area contributed by atoms with E-state index < -0.39 is 0 Å². The van der Waals surface area contributed by atoms with Crippen LogP contribution in [0.2, 0.25) is 0 Å². The maximum atomic E-state index is 2.40. The maximum Gasteiger partial charge on any atom is 0.282 e. The monoisotopic (exact) mass is 570 g/mol. The second-order valence-electron chi connectivity index (χ2n) is 9.34. The van der Waals surface area contributed by atoms with Crippen molar-refractivity contribution in [2.75, 3.05) is 51.1 Å². The van der Waals surface area contributed by atoms with Crippen LogP contribution in [0.1, 0.15) is 12.0 Å². The third-order valence-corrected chi connectivity index (χ3v) is 7.69. The molecule has 4 aromatic rings. The van der Waals surface area contributed by atoms with Gasteiger partial charge in [0, 0.05) is 62.6 Å². The molecule has 6 heteroatoms. The third kappa shape index (κ3) is 5.55. The number of thioether (sulfide) groups is 1. The van der Waals surface area contributed by atoms with Crippen LogP contribution >= 0.6 is 11.8 Å². The Morgan fingerprint density at radius 3 is 2.31 bits per heavy atom. The summed E-state index contributed by atoms with van der Waals surface area (Å²) in [5.41, 5.74) is 4.90. The minimum atomic E-state index is 0. The van der Waals surface area contributed by atoms with E-state index in [0.717, 1.165) is 19.5 Å². The van der Waals surface area contributed by atoms with Crippen LogP contribution in [0.5, 0.6) is 0 Å². The number of fused-ring (bicyclic) bond motifs is 2. The molecule has 0 unspecified atom stereocenters. The van der Waals surface area contributed by atoms with E-state index in [9.17, 15) is 0 Å². The van der Waals surface area contributed by atoms with Crippen LogP contribution < -0.4 is 14.4 Å². The molecule has 4 nitrogen and oxygen atoms in total. The van der Waals surface area contributed by atoms with Crippen molar-refractivity contribution in [2.24, 2.45) is 0 Å². The van der Waals surface area contributed by atoms with Gasteiger partial charge in [-0.05, 0) is 62.5 Å². The standard InChI is InChI=1S/C30H33N4S.Y/c1-31(2)19-12-20-32(3)29-21-23(22-30-33(4)27-17-10-11-18-28(27)35-30)25-15-8-9-16-26(25)34(29)24-13-6-5-7-14-24;/h5-11,13-18,21-22H,12,19-20H2,1-4H3;/q+1;. The van der Waals surface area contributed by atoms with Crippen LogP contribution in [0.4, 0.5) is 11.5 Å². The first-order chi connectivity index (χ1) is 17.0. The van der Waals surface area contributed by atoms with Gasteiger partial charge in [0.25, 0.3) is 5.82 Å². The third-order valence-electron chi connectivity index (χ3n) is 6.52. The molecule has 0 saturated carbocycles. The van der Waals surface area contributed by atoms with E-state index in [1.54, 1.807) is 0 Å². The Bertz CT molecular complexity index is 1370. The van der Waals surface area contributed by atoms with E-state index in [4.69, 9.17) is 0 Å². The molecule has 3 aromatic carbocycles. The molecular weight excluding hydrogens is 537 g/mol. The van der Waals surface area contributed by atoms with Gasteiger partial charge < -0.3 is 9.80 Å². The van der Waals surface area contributed by atoms with Gasteiger partial charge in [-0.25, -0.2) is 0 Å². The van der Waals surface area contributed by atoms with E-state index >= 15 is 0 Å². The van der Waals surface area contributed by atoms with Crippen molar-refractivity contribution in [1.29, 1.82) is 0 Å². The van der Waals surface area contributed by atoms with Crippen molar-refractivity contribution in [3.05, 3.63) is 95.5 Å². The zero-order chi connectivity index (χ0) is 24.4. The summed E-state index contributed by atoms with van der Waals surface area (Å²) < 4.78 is 2.40. The van der Waals surface area contributed by atoms with Crippen LogP contribution in [0.3, 0.4) is 0 Å². The van der Waals surface area contributed by atoms with Crippen LogP contribution in [0.25, 0.3) is 22.7 Å². The molecule has 36 heavy (non-hydrogen) atoms. The van der Waals surface area contributed by atoms with E-state index in [0.29, 0.717) is 0 Å². The second kappa shape index (κ2) is 11.9. The molecule has 0 atom stereocenters. The Morgan fingerprint density at radius 1 is 0.861 bits per heavy atom. The molecule has 1 aliphatic heterocycles. The van der Waals surface area contributed by atoms with Crippen molar-refractivity contribution >= 4 is 40.2 Å². The summed E-state index contributed by atoms with van der Waals surface area (Å²) >= 11 is 1.84. The first-order valence-corrected chi connectivity index (χ1v) is 13.0. The molecule has 5 rings (SSSR count). The molecule has 0 bridgehead atoms. The van der Waals surface area contributed by atoms with Crippen molar-refractivity contribution in [1.82, 2.24) is 4.90 Å². The summed E-state index contributed by atoms with van der Waals surface area (Å²) in [5, 5.41) is 2.49. The predicted molar refractivity (Wildman–Crippen MR) is 151 cm³/mol. The summed E-state index contributed by atoms with van der Waals surface area (Å²) in [5.74, 6) is 1.20. The molecule has 2 heterocycles. The van der Waals surface area contributed by atoms with Crippen molar-refractivity contribution in [2.45, 2.75) is 11.3 Å². The Balaban J connectivity index is 0.00000304. The predicted octanol–water partition coefficient (Wildman–Crippen LogP) is 6.04. The number of rotatable bonds is 7. The van der Waals surface area contributed by atoms with Crippen LogP contribution in [-0.2, 0) is 32.7 Å². The molecule has 0 aliphatic carbocycles. The number of hydrogen-bond acceptors (Lipinski definition) is 4. The average molecular weight is 571 g/mol. The van der Waals surface area contributed by atoms with Crippen molar-refractivity contribution in [3.63, 3.8) is 0 Å². The van der Waals surface area contributed by atoms with Gasteiger partial charge >= 0.3 is 0 Å². The molecule has 0 amide bonds. The van der Waals surface area contributed by atoms with Gasteiger partial charge in [0.15, 0.2) is 0 Å². The summed E-state index contributed by atoms with van der Waals surface area (Å²) in [6.45, 7) is 2.05. The molecule has 181 valence electrons. The first-order valence-electron chi connectivity index (χ1n) is 12.1. The molecule has 0 spiro atoms. The molecule has 0 fully saturated rings. The fourth-order valence-electron chi connectivity index (χ4n) is 4.68. The summed E-state index contributed by atoms with van der Waals surface area (Å²) in [6.07, 6.45) is 3.45. The molecule has 1 aliphatic rings. The van der Waals surface area contributed by atoms with E-state index in [2.05, 4.69) is 138 Å². The van der Waals surface area contributed by atoms with Crippen LogP contribution in [0.15, 0.2) is 94.9 Å². The van der Waals surface area contributed by atoms with Gasteiger partial charge in [-0.15, -0.1) is 0 Å². The Hall–Kier alpha value is -2.18. The Kier molecular flexibility index (Phi) is 8.89. The number of pyridine rings is 1. The summed E-state index contributed by atoms with van der Waals surface area (Å²) in [6, 6.07) is 30.4. The second-order valence-corrected chi connectivity index (χ2v) is 10.4. The zero-order valence-electron chi connectivity index (χ0n) is 21.6. The quantitative estimate of drug-likeness (QED) is 0.251. The number of para-hydroxylation sites is 3. The first kappa shape index (κ1) is 26.9. The molecule has 0 saturated heterocycles. The fourth-order valence-corrected chi connectivity index (χ4v) is 5.79. The Labute approximate surface area is 244 Å². The molecule has 1 aromatic heterocycles.